The number of fused-ring (bicyclic) bond motifs is 1. The predicted octanol–water partition coefficient (Wildman–Crippen LogP) is 2.95. The third kappa shape index (κ3) is 3.30. The summed E-state index contributed by atoms with van der Waals surface area (Å²) in [6.45, 7) is 6.30. The van der Waals surface area contributed by atoms with Gasteiger partial charge in [0, 0.05) is 12.1 Å². The van der Waals surface area contributed by atoms with E-state index in [-0.39, 0.29) is 0 Å². The molecule has 114 valence electrons. The SMILES string of the molecule is Cc1c(OCCCN2CCCCC2)cn2ncnc(Cl)c12. The van der Waals surface area contributed by atoms with Crippen LogP contribution in [0.4, 0.5) is 0 Å². The Morgan fingerprint density at radius 3 is 2.86 bits per heavy atom. The molecule has 0 amide bonds. The van der Waals surface area contributed by atoms with Crippen LogP contribution >= 0.6 is 11.6 Å². The van der Waals surface area contributed by atoms with Gasteiger partial charge in [-0.25, -0.2) is 9.50 Å². The molecule has 0 spiro atoms. The van der Waals surface area contributed by atoms with Crippen LogP contribution in [-0.2, 0) is 0 Å². The zero-order valence-corrected chi connectivity index (χ0v) is 13.1. The zero-order valence-electron chi connectivity index (χ0n) is 12.4. The van der Waals surface area contributed by atoms with Gasteiger partial charge in [0.05, 0.1) is 12.8 Å². The number of halogens is 1. The summed E-state index contributed by atoms with van der Waals surface area (Å²) >= 11 is 6.10. The van der Waals surface area contributed by atoms with Crippen molar-refractivity contribution in [3.8, 4) is 5.75 Å². The van der Waals surface area contributed by atoms with Crippen LogP contribution in [0.3, 0.4) is 0 Å². The minimum Gasteiger partial charge on any atom is -0.492 e. The van der Waals surface area contributed by atoms with E-state index in [1.807, 2.05) is 13.1 Å². The van der Waals surface area contributed by atoms with E-state index in [2.05, 4.69) is 15.0 Å². The lowest BCUT2D eigenvalue weighted by atomic mass is 10.1. The molecule has 1 aliphatic heterocycles. The molecule has 0 saturated carbocycles. The van der Waals surface area contributed by atoms with Crippen molar-refractivity contribution in [2.45, 2.75) is 32.6 Å². The first-order valence-electron chi connectivity index (χ1n) is 7.59. The fraction of sp³-hybridized carbons (Fsp3) is 0.600. The minimum atomic E-state index is 0.464. The first-order chi connectivity index (χ1) is 10.3. The van der Waals surface area contributed by atoms with Gasteiger partial charge in [0.25, 0.3) is 0 Å². The topological polar surface area (TPSA) is 42.7 Å². The van der Waals surface area contributed by atoms with Gasteiger partial charge in [0.15, 0.2) is 5.15 Å². The Labute approximate surface area is 129 Å². The fourth-order valence-electron chi connectivity index (χ4n) is 2.89. The smallest absolute Gasteiger partial charge is 0.157 e. The van der Waals surface area contributed by atoms with Gasteiger partial charge in [-0.1, -0.05) is 18.0 Å². The minimum absolute atomic E-state index is 0.464. The number of hydrogen-bond donors (Lipinski definition) is 0. The molecule has 1 fully saturated rings. The largest absolute Gasteiger partial charge is 0.492 e. The molecule has 0 N–H and O–H groups in total. The standard InChI is InChI=1S/C15H21ClN4O/c1-12-13(10-20-14(12)15(16)17-11-18-20)21-9-5-8-19-6-3-2-4-7-19/h10-11H,2-9H2,1H3. The summed E-state index contributed by atoms with van der Waals surface area (Å²) in [6, 6.07) is 0. The van der Waals surface area contributed by atoms with Crippen molar-refractivity contribution in [3.63, 3.8) is 0 Å². The highest BCUT2D eigenvalue weighted by Gasteiger charge is 2.13. The normalized spacial score (nSPS) is 16.5. The van der Waals surface area contributed by atoms with Crippen LogP contribution in [0.5, 0.6) is 5.75 Å². The van der Waals surface area contributed by atoms with Gasteiger partial charge in [0.1, 0.15) is 17.6 Å². The molecule has 1 saturated heterocycles. The lowest BCUT2D eigenvalue weighted by Crippen LogP contribution is -2.31. The van der Waals surface area contributed by atoms with Gasteiger partial charge in [-0.3, -0.25) is 0 Å². The summed E-state index contributed by atoms with van der Waals surface area (Å²) in [7, 11) is 0. The second-order valence-electron chi connectivity index (χ2n) is 5.57. The van der Waals surface area contributed by atoms with E-state index >= 15 is 0 Å². The van der Waals surface area contributed by atoms with Crippen LogP contribution in [0, 0.1) is 6.92 Å². The monoisotopic (exact) mass is 308 g/mol. The lowest BCUT2D eigenvalue weighted by molar-refractivity contribution is 0.204. The zero-order chi connectivity index (χ0) is 14.7. The number of hydrogen-bond acceptors (Lipinski definition) is 4. The molecule has 5 nitrogen and oxygen atoms in total. The first kappa shape index (κ1) is 14.6. The van der Waals surface area contributed by atoms with E-state index < -0.39 is 0 Å². The maximum absolute atomic E-state index is 6.10. The maximum atomic E-state index is 6.10. The number of aromatic nitrogens is 3. The quantitative estimate of drug-likeness (QED) is 0.797. The van der Waals surface area contributed by atoms with Gasteiger partial charge >= 0.3 is 0 Å². The number of rotatable bonds is 5. The molecule has 3 heterocycles. The third-order valence-electron chi connectivity index (χ3n) is 4.06. The fourth-order valence-corrected chi connectivity index (χ4v) is 3.17. The molecule has 1 aliphatic rings. The molecule has 3 rings (SSSR count). The van der Waals surface area contributed by atoms with Crippen molar-refractivity contribution in [3.05, 3.63) is 23.2 Å². The number of likely N-dealkylation sites (tertiary alicyclic amines) is 1. The highest BCUT2D eigenvalue weighted by Crippen LogP contribution is 2.27. The number of aryl methyl sites for hydroxylation is 1. The Morgan fingerprint density at radius 1 is 1.29 bits per heavy atom. The van der Waals surface area contributed by atoms with E-state index in [1.165, 1.54) is 38.7 Å². The van der Waals surface area contributed by atoms with Crippen LogP contribution in [0.1, 0.15) is 31.2 Å². The van der Waals surface area contributed by atoms with Crippen LogP contribution in [0.25, 0.3) is 5.52 Å². The summed E-state index contributed by atoms with van der Waals surface area (Å²) in [5.41, 5.74) is 1.82. The highest BCUT2D eigenvalue weighted by atomic mass is 35.5. The average Bonchev–Trinajstić information content (AvgIpc) is 2.83. The molecule has 0 aromatic carbocycles. The van der Waals surface area contributed by atoms with E-state index in [0.29, 0.717) is 5.15 Å². The molecule has 0 unspecified atom stereocenters. The van der Waals surface area contributed by atoms with Crippen LogP contribution in [-0.4, -0.2) is 45.7 Å². The van der Waals surface area contributed by atoms with Gasteiger partial charge in [0.2, 0.25) is 0 Å². The lowest BCUT2D eigenvalue weighted by Gasteiger charge is -2.26. The predicted molar refractivity (Wildman–Crippen MR) is 83.1 cm³/mol. The molecule has 0 bridgehead atoms. The van der Waals surface area contributed by atoms with Crippen molar-refractivity contribution < 1.29 is 4.74 Å². The van der Waals surface area contributed by atoms with Gasteiger partial charge in [-0.05, 0) is 39.3 Å². The number of nitrogens with zero attached hydrogens (tertiary/aromatic N) is 4. The molecular weight excluding hydrogens is 288 g/mol. The Kier molecular flexibility index (Phi) is 4.60. The van der Waals surface area contributed by atoms with Crippen LogP contribution in [0.2, 0.25) is 5.15 Å². The Morgan fingerprint density at radius 2 is 2.10 bits per heavy atom. The van der Waals surface area contributed by atoms with Crippen LogP contribution in [0.15, 0.2) is 12.5 Å². The first-order valence-corrected chi connectivity index (χ1v) is 7.97. The molecule has 0 aliphatic carbocycles. The Balaban J connectivity index is 1.55. The average molecular weight is 309 g/mol. The molecule has 2 aromatic heterocycles. The summed E-state index contributed by atoms with van der Waals surface area (Å²) in [6.07, 6.45) is 8.43. The summed E-state index contributed by atoms with van der Waals surface area (Å²) in [5, 5.41) is 4.62. The number of piperidine rings is 1. The summed E-state index contributed by atoms with van der Waals surface area (Å²) in [5.74, 6) is 0.844. The van der Waals surface area contributed by atoms with Crippen molar-refractivity contribution in [1.82, 2.24) is 19.5 Å². The number of ether oxygens (including phenoxy) is 1. The molecular formula is C15H21ClN4O. The van der Waals surface area contributed by atoms with Gasteiger partial charge in [-0.15, -0.1) is 0 Å². The van der Waals surface area contributed by atoms with Crippen LogP contribution < -0.4 is 4.74 Å². The molecule has 6 heteroatoms. The highest BCUT2D eigenvalue weighted by molar-refractivity contribution is 6.32. The molecule has 0 atom stereocenters. The van der Waals surface area contributed by atoms with Crippen molar-refractivity contribution in [2.75, 3.05) is 26.2 Å². The van der Waals surface area contributed by atoms with E-state index in [4.69, 9.17) is 16.3 Å². The Hall–Kier alpha value is -1.33. The summed E-state index contributed by atoms with van der Waals surface area (Å²) < 4.78 is 7.62. The van der Waals surface area contributed by atoms with Crippen molar-refractivity contribution >= 4 is 17.1 Å². The van der Waals surface area contributed by atoms with E-state index in [1.54, 1.807) is 4.52 Å². The molecule has 2 aromatic rings. The van der Waals surface area contributed by atoms with E-state index in [9.17, 15) is 0 Å². The van der Waals surface area contributed by atoms with Gasteiger partial charge < -0.3 is 9.64 Å². The van der Waals surface area contributed by atoms with Crippen molar-refractivity contribution in [2.24, 2.45) is 0 Å². The maximum Gasteiger partial charge on any atom is 0.157 e. The second kappa shape index (κ2) is 6.62. The second-order valence-corrected chi connectivity index (χ2v) is 5.92. The summed E-state index contributed by atoms with van der Waals surface area (Å²) in [4.78, 5) is 6.54. The van der Waals surface area contributed by atoms with E-state index in [0.717, 1.165) is 36.4 Å². The van der Waals surface area contributed by atoms with Crippen molar-refractivity contribution in [1.29, 1.82) is 0 Å². The Bertz CT molecular complexity index is 607. The molecule has 0 radical (unpaired) electrons. The molecule has 21 heavy (non-hydrogen) atoms. The third-order valence-corrected chi connectivity index (χ3v) is 4.34. The van der Waals surface area contributed by atoms with Gasteiger partial charge in [-0.2, -0.15) is 5.10 Å².